The maximum atomic E-state index is 12.4. The molecule has 0 saturated carbocycles. The van der Waals surface area contributed by atoms with E-state index in [1.165, 1.54) is 18.4 Å². The van der Waals surface area contributed by atoms with E-state index in [1.807, 2.05) is 12.3 Å². The lowest BCUT2D eigenvalue weighted by Crippen LogP contribution is -2.16. The molecule has 0 atom stereocenters. The molecule has 0 aliphatic rings. The fourth-order valence-electron chi connectivity index (χ4n) is 2.53. The van der Waals surface area contributed by atoms with Crippen LogP contribution in [0.4, 0.5) is 5.69 Å². The van der Waals surface area contributed by atoms with Gasteiger partial charge in [-0.1, -0.05) is 17.7 Å². The van der Waals surface area contributed by atoms with Gasteiger partial charge in [0.25, 0.3) is 0 Å². The van der Waals surface area contributed by atoms with Crippen molar-refractivity contribution in [3.05, 3.63) is 74.7 Å². The molecule has 3 aromatic rings. The summed E-state index contributed by atoms with van der Waals surface area (Å²) in [5.41, 5.74) is 2.45. The number of nitrogens with one attached hydrogen (secondary N) is 1. The number of methoxy groups -OCH3 is 1. The highest BCUT2D eigenvalue weighted by Crippen LogP contribution is 2.20. The Morgan fingerprint density at radius 2 is 1.93 bits per heavy atom. The SMILES string of the molecule is COC(=O)c1ccc(C)c(NC(=O)Cc2csc(COc3ccc(Cl)cc3)n2)c1. The number of esters is 1. The van der Waals surface area contributed by atoms with Crippen molar-refractivity contribution in [2.24, 2.45) is 0 Å². The Morgan fingerprint density at radius 3 is 2.66 bits per heavy atom. The molecule has 0 radical (unpaired) electrons. The van der Waals surface area contributed by atoms with Crippen LogP contribution in [0.25, 0.3) is 0 Å². The molecule has 1 amide bonds. The predicted octanol–water partition coefficient (Wildman–Crippen LogP) is 4.65. The molecule has 0 spiro atoms. The molecular formula is C21H19ClN2O4S. The maximum absolute atomic E-state index is 12.4. The van der Waals surface area contributed by atoms with Gasteiger partial charge in [-0.15, -0.1) is 11.3 Å². The molecule has 0 fully saturated rings. The first-order valence-corrected chi connectivity index (χ1v) is 10.0. The third-order valence-corrected chi connectivity index (χ3v) is 5.17. The highest BCUT2D eigenvalue weighted by molar-refractivity contribution is 7.09. The molecule has 0 aliphatic carbocycles. The van der Waals surface area contributed by atoms with Gasteiger partial charge in [0.2, 0.25) is 5.91 Å². The number of hydrogen-bond donors (Lipinski definition) is 1. The van der Waals surface area contributed by atoms with Crippen molar-refractivity contribution in [2.75, 3.05) is 12.4 Å². The number of thiazole rings is 1. The number of hydrogen-bond acceptors (Lipinski definition) is 6. The molecule has 1 heterocycles. The number of anilines is 1. The minimum absolute atomic E-state index is 0.124. The van der Waals surface area contributed by atoms with Crippen molar-refractivity contribution in [3.63, 3.8) is 0 Å². The molecule has 1 N–H and O–H groups in total. The van der Waals surface area contributed by atoms with Crippen LogP contribution in [-0.4, -0.2) is 24.0 Å². The minimum atomic E-state index is -0.453. The summed E-state index contributed by atoms with van der Waals surface area (Å²) >= 11 is 7.28. The van der Waals surface area contributed by atoms with Gasteiger partial charge >= 0.3 is 5.97 Å². The summed E-state index contributed by atoms with van der Waals surface area (Å²) in [4.78, 5) is 28.5. The number of amides is 1. The van der Waals surface area contributed by atoms with Crippen molar-refractivity contribution < 1.29 is 19.1 Å². The molecule has 3 rings (SSSR count). The van der Waals surface area contributed by atoms with Gasteiger partial charge in [-0.25, -0.2) is 9.78 Å². The molecular weight excluding hydrogens is 412 g/mol. The Bertz CT molecular complexity index is 1020. The third-order valence-electron chi connectivity index (χ3n) is 4.05. The van der Waals surface area contributed by atoms with Gasteiger partial charge in [-0.05, 0) is 48.9 Å². The van der Waals surface area contributed by atoms with Crippen LogP contribution in [0.5, 0.6) is 5.75 Å². The average molecular weight is 431 g/mol. The van der Waals surface area contributed by atoms with Gasteiger partial charge in [0.05, 0.1) is 24.8 Å². The van der Waals surface area contributed by atoms with Crippen molar-refractivity contribution in [1.29, 1.82) is 0 Å². The number of aromatic nitrogens is 1. The second kappa shape index (κ2) is 9.54. The number of carbonyl (C=O) groups excluding carboxylic acids is 2. The largest absolute Gasteiger partial charge is 0.486 e. The van der Waals surface area contributed by atoms with Crippen LogP contribution in [0.15, 0.2) is 47.8 Å². The number of halogens is 1. The van der Waals surface area contributed by atoms with Gasteiger partial charge in [0.1, 0.15) is 17.4 Å². The van der Waals surface area contributed by atoms with E-state index in [0.717, 1.165) is 10.6 Å². The predicted molar refractivity (Wildman–Crippen MR) is 113 cm³/mol. The Hall–Kier alpha value is -2.90. The molecule has 0 saturated heterocycles. The Labute approximate surface area is 177 Å². The first-order chi connectivity index (χ1) is 13.9. The van der Waals surface area contributed by atoms with Crippen molar-refractivity contribution in [2.45, 2.75) is 20.0 Å². The van der Waals surface area contributed by atoms with Crippen molar-refractivity contribution in [1.82, 2.24) is 4.98 Å². The first-order valence-electron chi connectivity index (χ1n) is 8.75. The quantitative estimate of drug-likeness (QED) is 0.552. The highest BCUT2D eigenvalue weighted by Gasteiger charge is 2.12. The van der Waals surface area contributed by atoms with Gasteiger partial charge in [0.15, 0.2) is 0 Å². The average Bonchev–Trinajstić information content (AvgIpc) is 3.15. The minimum Gasteiger partial charge on any atom is -0.486 e. The van der Waals surface area contributed by atoms with E-state index in [1.54, 1.807) is 42.5 Å². The molecule has 0 unspecified atom stereocenters. The summed E-state index contributed by atoms with van der Waals surface area (Å²) in [6.07, 6.45) is 0.124. The molecule has 150 valence electrons. The monoisotopic (exact) mass is 430 g/mol. The van der Waals surface area contributed by atoms with E-state index in [-0.39, 0.29) is 12.3 Å². The van der Waals surface area contributed by atoms with Gasteiger partial charge < -0.3 is 14.8 Å². The van der Waals surface area contributed by atoms with E-state index in [0.29, 0.717) is 34.3 Å². The van der Waals surface area contributed by atoms with E-state index in [2.05, 4.69) is 10.3 Å². The van der Waals surface area contributed by atoms with E-state index < -0.39 is 5.97 Å². The summed E-state index contributed by atoms with van der Waals surface area (Å²) in [5.74, 6) is 0.0285. The molecule has 0 bridgehead atoms. The number of carbonyl (C=O) groups is 2. The van der Waals surface area contributed by atoms with Crippen LogP contribution in [0.1, 0.15) is 26.6 Å². The summed E-state index contributed by atoms with van der Waals surface area (Å²) in [6.45, 7) is 2.17. The summed E-state index contributed by atoms with van der Waals surface area (Å²) < 4.78 is 10.4. The molecule has 0 aliphatic heterocycles. The zero-order valence-corrected chi connectivity index (χ0v) is 17.5. The number of nitrogens with zero attached hydrogens (tertiary/aromatic N) is 1. The first kappa shape index (κ1) is 20.8. The Balaban J connectivity index is 1.57. The van der Waals surface area contributed by atoms with Crippen LogP contribution in [0, 0.1) is 6.92 Å². The van der Waals surface area contributed by atoms with Gasteiger partial charge in [0, 0.05) is 16.1 Å². The van der Waals surface area contributed by atoms with E-state index in [4.69, 9.17) is 21.1 Å². The molecule has 1 aromatic heterocycles. The van der Waals surface area contributed by atoms with E-state index >= 15 is 0 Å². The smallest absolute Gasteiger partial charge is 0.337 e. The highest BCUT2D eigenvalue weighted by atomic mass is 35.5. The second-order valence-electron chi connectivity index (χ2n) is 6.22. The van der Waals surface area contributed by atoms with Crippen molar-refractivity contribution >= 4 is 40.5 Å². The Kier molecular flexibility index (Phi) is 6.85. The molecule has 8 heteroatoms. The summed E-state index contributed by atoms with van der Waals surface area (Å²) in [7, 11) is 1.32. The van der Waals surface area contributed by atoms with Crippen LogP contribution in [0.2, 0.25) is 5.02 Å². The van der Waals surface area contributed by atoms with Crippen molar-refractivity contribution in [3.8, 4) is 5.75 Å². The Morgan fingerprint density at radius 1 is 1.17 bits per heavy atom. The standard InChI is InChI=1S/C21H19ClN2O4S/c1-13-3-4-14(21(26)27-2)9-18(13)24-19(25)10-16-12-29-20(23-16)11-28-17-7-5-15(22)6-8-17/h3-9,12H,10-11H2,1-2H3,(H,24,25). The van der Waals surface area contributed by atoms with Crippen LogP contribution in [-0.2, 0) is 22.6 Å². The summed E-state index contributed by atoms with van der Waals surface area (Å²) in [6, 6.07) is 12.1. The molecule has 29 heavy (non-hydrogen) atoms. The number of benzene rings is 2. The molecule has 2 aromatic carbocycles. The summed E-state index contributed by atoms with van der Waals surface area (Å²) in [5, 5.41) is 6.07. The van der Waals surface area contributed by atoms with E-state index in [9.17, 15) is 9.59 Å². The molecule has 6 nitrogen and oxygen atoms in total. The van der Waals surface area contributed by atoms with Gasteiger partial charge in [-0.3, -0.25) is 4.79 Å². The number of aryl methyl sites for hydroxylation is 1. The van der Waals surface area contributed by atoms with Crippen LogP contribution in [0.3, 0.4) is 0 Å². The normalized spacial score (nSPS) is 10.4. The zero-order valence-electron chi connectivity index (χ0n) is 15.9. The fraction of sp³-hybridized carbons (Fsp3) is 0.190. The van der Waals surface area contributed by atoms with Crippen LogP contribution >= 0.6 is 22.9 Å². The lowest BCUT2D eigenvalue weighted by molar-refractivity contribution is -0.115. The zero-order chi connectivity index (χ0) is 20.8. The maximum Gasteiger partial charge on any atom is 0.337 e. The lowest BCUT2D eigenvalue weighted by Gasteiger charge is -2.09. The van der Waals surface area contributed by atoms with Crippen LogP contribution < -0.4 is 10.1 Å². The lowest BCUT2D eigenvalue weighted by atomic mass is 10.1. The number of rotatable bonds is 7. The topological polar surface area (TPSA) is 77.5 Å². The second-order valence-corrected chi connectivity index (χ2v) is 7.60. The third kappa shape index (κ3) is 5.79. The fourth-order valence-corrected chi connectivity index (χ4v) is 3.36. The van der Waals surface area contributed by atoms with Gasteiger partial charge in [-0.2, -0.15) is 0 Å². The number of ether oxygens (including phenoxy) is 2.